The van der Waals surface area contributed by atoms with Crippen LogP contribution >= 0.6 is 11.6 Å². The maximum Gasteiger partial charge on any atom is 0.273 e. The largest absolute Gasteiger partial charge is 0.497 e. The van der Waals surface area contributed by atoms with Gasteiger partial charge >= 0.3 is 0 Å². The fourth-order valence-corrected chi connectivity index (χ4v) is 4.80. The van der Waals surface area contributed by atoms with Crippen LogP contribution in [-0.4, -0.2) is 32.9 Å². The number of nitrogens with zero attached hydrogens (tertiary/aromatic N) is 2. The molecule has 0 aromatic heterocycles. The molecule has 11 heteroatoms. The molecule has 3 rings (SSSR count). The van der Waals surface area contributed by atoms with Gasteiger partial charge in [0.25, 0.3) is 15.7 Å². The molecule has 178 valence electrons. The minimum atomic E-state index is -4.33. The van der Waals surface area contributed by atoms with E-state index in [4.69, 9.17) is 16.3 Å². The van der Waals surface area contributed by atoms with Crippen molar-refractivity contribution in [1.82, 2.24) is 5.32 Å². The second-order valence-corrected chi connectivity index (χ2v) is 9.55. The molecule has 3 aromatic carbocycles. The number of rotatable bonds is 9. The normalized spacial score (nSPS) is 11.0. The molecule has 0 spiro atoms. The van der Waals surface area contributed by atoms with Crippen LogP contribution in [0.1, 0.15) is 11.1 Å². The molecule has 34 heavy (non-hydrogen) atoms. The van der Waals surface area contributed by atoms with Gasteiger partial charge in [-0.1, -0.05) is 35.9 Å². The highest BCUT2D eigenvalue weighted by Gasteiger charge is 2.29. The topological polar surface area (TPSA) is 119 Å². The van der Waals surface area contributed by atoms with E-state index in [9.17, 15) is 23.3 Å². The molecule has 0 saturated heterocycles. The minimum Gasteiger partial charge on any atom is -0.497 e. The number of anilines is 1. The molecule has 0 aliphatic rings. The van der Waals surface area contributed by atoms with Crippen LogP contribution in [0, 0.1) is 17.0 Å². The summed E-state index contributed by atoms with van der Waals surface area (Å²) in [5.41, 5.74) is 0.846. The summed E-state index contributed by atoms with van der Waals surface area (Å²) in [6.45, 7) is 1.06. The number of methoxy groups -OCH3 is 1. The van der Waals surface area contributed by atoms with Gasteiger partial charge in [-0.25, -0.2) is 8.42 Å². The van der Waals surface area contributed by atoms with Gasteiger partial charge in [0.1, 0.15) is 12.3 Å². The van der Waals surface area contributed by atoms with Gasteiger partial charge in [-0.2, -0.15) is 0 Å². The van der Waals surface area contributed by atoms with Crippen LogP contribution in [0.4, 0.5) is 11.4 Å². The van der Waals surface area contributed by atoms with Crippen LogP contribution in [0.25, 0.3) is 0 Å². The summed E-state index contributed by atoms with van der Waals surface area (Å²) in [5, 5.41) is 14.5. The fraction of sp³-hybridized carbons (Fsp3) is 0.174. The highest BCUT2D eigenvalue weighted by Crippen LogP contribution is 2.29. The molecule has 0 heterocycles. The summed E-state index contributed by atoms with van der Waals surface area (Å²) in [6, 6.07) is 16.6. The van der Waals surface area contributed by atoms with Gasteiger partial charge in [-0.05, 0) is 48.9 Å². The summed E-state index contributed by atoms with van der Waals surface area (Å²) in [5.74, 6) is -0.0869. The molecule has 0 radical (unpaired) electrons. The maximum atomic E-state index is 13.5. The molecule has 1 N–H and O–H groups in total. The van der Waals surface area contributed by atoms with Gasteiger partial charge < -0.3 is 10.1 Å². The van der Waals surface area contributed by atoms with E-state index < -0.39 is 27.4 Å². The number of hydrogen-bond acceptors (Lipinski definition) is 6. The lowest BCUT2D eigenvalue weighted by molar-refractivity contribution is -0.385. The van der Waals surface area contributed by atoms with Crippen molar-refractivity contribution >= 4 is 38.9 Å². The first-order valence-corrected chi connectivity index (χ1v) is 11.9. The van der Waals surface area contributed by atoms with Crippen LogP contribution in [0.5, 0.6) is 5.75 Å². The van der Waals surface area contributed by atoms with Crippen molar-refractivity contribution in [3.63, 3.8) is 0 Å². The van der Waals surface area contributed by atoms with Gasteiger partial charge in [0, 0.05) is 23.2 Å². The maximum absolute atomic E-state index is 13.5. The van der Waals surface area contributed by atoms with Crippen LogP contribution in [-0.2, 0) is 21.4 Å². The molecular formula is C23H22ClN3O6S. The number of nitro groups is 1. The number of hydrogen-bond donors (Lipinski definition) is 1. The average Bonchev–Trinajstić information content (AvgIpc) is 2.82. The first-order chi connectivity index (χ1) is 16.1. The van der Waals surface area contributed by atoms with Crippen LogP contribution in [0.15, 0.2) is 71.6 Å². The molecule has 0 atom stereocenters. The first kappa shape index (κ1) is 25.0. The average molecular weight is 504 g/mol. The summed E-state index contributed by atoms with van der Waals surface area (Å²) < 4.78 is 33.0. The Bertz CT molecular complexity index is 1310. The number of benzene rings is 3. The number of sulfonamides is 1. The SMILES string of the molecule is COc1ccc(N(CC(=O)NCc2ccccc2Cl)S(=O)(=O)c2ccc(C)c([N+](=O)[O-])c2)cc1. The van der Waals surface area contributed by atoms with Crippen molar-refractivity contribution in [2.75, 3.05) is 18.0 Å². The Morgan fingerprint density at radius 3 is 2.41 bits per heavy atom. The Labute approximate surface area is 202 Å². The highest BCUT2D eigenvalue weighted by atomic mass is 35.5. The number of carbonyl (C=O) groups is 1. The number of nitrogens with one attached hydrogen (secondary N) is 1. The third-order valence-electron chi connectivity index (χ3n) is 5.05. The highest BCUT2D eigenvalue weighted by molar-refractivity contribution is 7.92. The van der Waals surface area contributed by atoms with Gasteiger partial charge in [0.15, 0.2) is 0 Å². The molecule has 0 aliphatic heterocycles. The number of halogens is 1. The molecule has 0 bridgehead atoms. The van der Waals surface area contributed by atoms with Gasteiger partial charge in [0.05, 0.1) is 22.6 Å². The van der Waals surface area contributed by atoms with Crippen LogP contribution < -0.4 is 14.4 Å². The zero-order chi connectivity index (χ0) is 24.9. The van der Waals surface area contributed by atoms with Crippen molar-refractivity contribution in [3.8, 4) is 5.75 Å². The van der Waals surface area contributed by atoms with E-state index in [1.807, 2.05) is 0 Å². The predicted octanol–water partition coefficient (Wildman–Crippen LogP) is 4.08. The number of aryl methyl sites for hydroxylation is 1. The second kappa shape index (κ2) is 10.5. The third-order valence-corrected chi connectivity index (χ3v) is 7.19. The molecule has 0 fully saturated rings. The number of nitro benzene ring substituents is 1. The number of carbonyl (C=O) groups excluding carboxylic acids is 1. The smallest absolute Gasteiger partial charge is 0.273 e. The second-order valence-electron chi connectivity index (χ2n) is 7.28. The Kier molecular flexibility index (Phi) is 7.75. The number of amides is 1. The van der Waals surface area contributed by atoms with Gasteiger partial charge in [-0.3, -0.25) is 19.2 Å². The summed E-state index contributed by atoms with van der Waals surface area (Å²) in [4.78, 5) is 23.1. The van der Waals surface area contributed by atoms with Crippen molar-refractivity contribution < 1.29 is 22.9 Å². The van der Waals surface area contributed by atoms with Crippen LogP contribution in [0.2, 0.25) is 5.02 Å². The monoisotopic (exact) mass is 503 g/mol. The molecule has 0 unspecified atom stereocenters. The van der Waals surface area contributed by atoms with E-state index in [1.165, 1.54) is 38.3 Å². The minimum absolute atomic E-state index is 0.102. The van der Waals surface area contributed by atoms with Gasteiger partial charge in [0.2, 0.25) is 5.91 Å². The van der Waals surface area contributed by atoms with Crippen LogP contribution in [0.3, 0.4) is 0 Å². The summed E-state index contributed by atoms with van der Waals surface area (Å²) in [6.07, 6.45) is 0. The van der Waals surface area contributed by atoms with Crippen molar-refractivity contribution in [2.45, 2.75) is 18.4 Å². The Hall–Kier alpha value is -3.63. The molecule has 0 saturated carbocycles. The molecular weight excluding hydrogens is 482 g/mol. The van der Waals surface area contributed by atoms with E-state index in [0.717, 1.165) is 10.4 Å². The first-order valence-electron chi connectivity index (χ1n) is 10.1. The standard InChI is InChI=1S/C23H22ClN3O6S/c1-16-7-12-20(13-22(16)27(29)30)34(31,32)26(18-8-10-19(33-2)11-9-18)15-23(28)25-14-17-5-3-4-6-21(17)24/h3-13H,14-15H2,1-2H3,(H,25,28). The lowest BCUT2D eigenvalue weighted by Gasteiger charge is -2.24. The van der Waals surface area contributed by atoms with E-state index in [2.05, 4.69) is 5.32 Å². The molecule has 9 nitrogen and oxygen atoms in total. The third kappa shape index (κ3) is 5.64. The quantitative estimate of drug-likeness (QED) is 0.347. The Balaban J connectivity index is 1.94. The summed E-state index contributed by atoms with van der Waals surface area (Å²) >= 11 is 6.12. The lowest BCUT2D eigenvalue weighted by Crippen LogP contribution is -2.40. The molecule has 3 aromatic rings. The summed E-state index contributed by atoms with van der Waals surface area (Å²) in [7, 11) is -2.86. The van der Waals surface area contributed by atoms with Crippen molar-refractivity contribution in [2.24, 2.45) is 0 Å². The number of ether oxygens (including phenoxy) is 1. The van der Waals surface area contributed by atoms with Crippen molar-refractivity contribution in [3.05, 3.63) is 93.0 Å². The Morgan fingerprint density at radius 1 is 1.12 bits per heavy atom. The zero-order valence-corrected chi connectivity index (χ0v) is 20.0. The van der Waals surface area contributed by atoms with E-state index >= 15 is 0 Å². The lowest BCUT2D eigenvalue weighted by atomic mass is 10.2. The fourth-order valence-electron chi connectivity index (χ4n) is 3.16. The molecule has 0 aliphatic carbocycles. The van der Waals surface area contributed by atoms with Crippen molar-refractivity contribution in [1.29, 1.82) is 0 Å². The van der Waals surface area contributed by atoms with E-state index in [0.29, 0.717) is 21.9 Å². The predicted molar refractivity (Wildman–Crippen MR) is 129 cm³/mol. The molecule has 1 amide bonds. The van der Waals surface area contributed by atoms with E-state index in [1.54, 1.807) is 36.4 Å². The van der Waals surface area contributed by atoms with E-state index in [-0.39, 0.29) is 22.8 Å². The zero-order valence-electron chi connectivity index (χ0n) is 18.4. The van der Waals surface area contributed by atoms with Gasteiger partial charge in [-0.15, -0.1) is 0 Å². The Morgan fingerprint density at radius 2 is 1.79 bits per heavy atom.